The van der Waals surface area contributed by atoms with E-state index in [-0.39, 0.29) is 0 Å². The molecule has 0 amide bonds. The molecule has 1 heterocycles. The lowest BCUT2D eigenvalue weighted by atomic mass is 10.1. The molecule has 0 aliphatic carbocycles. The van der Waals surface area contributed by atoms with Gasteiger partial charge in [0.25, 0.3) is 0 Å². The highest BCUT2D eigenvalue weighted by Crippen LogP contribution is 2.19. The number of hydrogen-bond acceptors (Lipinski definition) is 4. The molecule has 0 unspecified atom stereocenters. The Morgan fingerprint density at radius 3 is 3.00 bits per heavy atom. The van der Waals surface area contributed by atoms with Gasteiger partial charge in [-0.1, -0.05) is 11.6 Å². The van der Waals surface area contributed by atoms with Crippen molar-refractivity contribution in [3.8, 4) is 5.69 Å². The predicted octanol–water partition coefficient (Wildman–Crippen LogP) is 1.45. The average molecular weight is 237 g/mol. The summed E-state index contributed by atoms with van der Waals surface area (Å²) in [5, 5.41) is 11.6. The van der Waals surface area contributed by atoms with E-state index in [1.165, 1.54) is 6.33 Å². The molecule has 0 aliphatic rings. The number of rotatable bonds is 4. The van der Waals surface area contributed by atoms with E-state index in [0.29, 0.717) is 17.9 Å². The minimum Gasteiger partial charge on any atom is -0.303 e. The van der Waals surface area contributed by atoms with Crippen LogP contribution in [0.5, 0.6) is 0 Å². The lowest BCUT2D eigenvalue weighted by Gasteiger charge is -2.07. The monoisotopic (exact) mass is 236 g/mol. The van der Waals surface area contributed by atoms with E-state index in [0.717, 1.165) is 17.5 Å². The molecule has 1 aromatic carbocycles. The van der Waals surface area contributed by atoms with Crippen molar-refractivity contribution in [2.75, 3.05) is 0 Å². The maximum absolute atomic E-state index is 10.4. The molecular formula is C10H9ClN4O. The zero-order valence-electron chi connectivity index (χ0n) is 8.38. The number of tetrazole rings is 1. The summed E-state index contributed by atoms with van der Waals surface area (Å²) >= 11 is 5.91. The van der Waals surface area contributed by atoms with Gasteiger partial charge in [0.2, 0.25) is 0 Å². The zero-order chi connectivity index (χ0) is 11.4. The van der Waals surface area contributed by atoms with Crippen LogP contribution in [0.4, 0.5) is 0 Å². The maximum Gasteiger partial charge on any atom is 0.143 e. The first kappa shape index (κ1) is 10.8. The fraction of sp³-hybridized carbons (Fsp3) is 0.200. The van der Waals surface area contributed by atoms with Gasteiger partial charge in [-0.3, -0.25) is 0 Å². The summed E-state index contributed by atoms with van der Waals surface area (Å²) in [6.45, 7) is 0. The predicted molar refractivity (Wildman–Crippen MR) is 58.5 cm³/mol. The standard InChI is InChI=1S/C10H9ClN4O/c11-9-3-4-10(15-7-12-13-14-15)8(6-9)2-1-5-16/h3-7H,1-2H2. The molecular weight excluding hydrogens is 228 g/mol. The van der Waals surface area contributed by atoms with E-state index < -0.39 is 0 Å². The van der Waals surface area contributed by atoms with Crippen molar-refractivity contribution >= 4 is 17.9 Å². The molecule has 2 rings (SSSR count). The second kappa shape index (κ2) is 4.85. The summed E-state index contributed by atoms with van der Waals surface area (Å²) in [6.07, 6.45) is 3.46. The van der Waals surface area contributed by atoms with Gasteiger partial charge in [-0.15, -0.1) is 5.10 Å². The molecule has 0 saturated carbocycles. The number of halogens is 1. The fourth-order valence-electron chi connectivity index (χ4n) is 1.46. The van der Waals surface area contributed by atoms with Crippen LogP contribution in [0.15, 0.2) is 24.5 Å². The van der Waals surface area contributed by atoms with E-state index in [1.807, 2.05) is 12.1 Å². The van der Waals surface area contributed by atoms with E-state index >= 15 is 0 Å². The number of aldehydes is 1. The van der Waals surface area contributed by atoms with Gasteiger partial charge in [0.05, 0.1) is 5.69 Å². The van der Waals surface area contributed by atoms with Gasteiger partial charge >= 0.3 is 0 Å². The molecule has 0 N–H and O–H groups in total. The van der Waals surface area contributed by atoms with Gasteiger partial charge in [0.1, 0.15) is 12.6 Å². The Hall–Kier alpha value is -1.75. The first-order valence-corrected chi connectivity index (χ1v) is 5.14. The van der Waals surface area contributed by atoms with Gasteiger partial charge < -0.3 is 4.79 Å². The molecule has 0 spiro atoms. The molecule has 0 fully saturated rings. The number of aryl methyl sites for hydroxylation is 1. The third-order valence-corrected chi connectivity index (χ3v) is 2.40. The largest absolute Gasteiger partial charge is 0.303 e. The first-order chi connectivity index (χ1) is 7.81. The van der Waals surface area contributed by atoms with Crippen LogP contribution in [0.25, 0.3) is 5.69 Å². The Bertz CT molecular complexity index is 484. The molecule has 1 aromatic heterocycles. The normalized spacial score (nSPS) is 10.3. The van der Waals surface area contributed by atoms with Crippen LogP contribution in [0.1, 0.15) is 12.0 Å². The smallest absolute Gasteiger partial charge is 0.143 e. The van der Waals surface area contributed by atoms with Gasteiger partial charge in [0.15, 0.2) is 0 Å². The summed E-state index contributed by atoms with van der Waals surface area (Å²) in [4.78, 5) is 10.4. The van der Waals surface area contributed by atoms with Crippen molar-refractivity contribution in [3.05, 3.63) is 35.1 Å². The summed E-state index contributed by atoms with van der Waals surface area (Å²) < 4.78 is 1.55. The number of benzene rings is 1. The SMILES string of the molecule is O=CCCc1cc(Cl)ccc1-n1cnnn1. The second-order valence-corrected chi connectivity index (χ2v) is 3.67. The van der Waals surface area contributed by atoms with Crippen molar-refractivity contribution < 1.29 is 4.79 Å². The van der Waals surface area contributed by atoms with Gasteiger partial charge in [-0.25, -0.2) is 4.68 Å². The van der Waals surface area contributed by atoms with Crippen molar-refractivity contribution in [1.29, 1.82) is 0 Å². The average Bonchev–Trinajstić information content (AvgIpc) is 2.80. The summed E-state index contributed by atoms with van der Waals surface area (Å²) in [5.74, 6) is 0. The Labute approximate surface area is 97.0 Å². The molecule has 0 radical (unpaired) electrons. The van der Waals surface area contributed by atoms with Crippen molar-refractivity contribution in [3.63, 3.8) is 0 Å². The summed E-state index contributed by atoms with van der Waals surface area (Å²) in [6, 6.07) is 5.42. The van der Waals surface area contributed by atoms with Crippen LogP contribution in [-0.4, -0.2) is 26.5 Å². The van der Waals surface area contributed by atoms with Gasteiger partial charge in [-0.05, 0) is 40.6 Å². The van der Waals surface area contributed by atoms with Crippen LogP contribution >= 0.6 is 11.6 Å². The minimum absolute atomic E-state index is 0.454. The molecule has 6 heteroatoms. The molecule has 16 heavy (non-hydrogen) atoms. The molecule has 0 aliphatic heterocycles. The van der Waals surface area contributed by atoms with Crippen LogP contribution in [0.2, 0.25) is 5.02 Å². The van der Waals surface area contributed by atoms with Crippen LogP contribution in [0.3, 0.4) is 0 Å². The first-order valence-electron chi connectivity index (χ1n) is 4.76. The van der Waals surface area contributed by atoms with Crippen molar-refractivity contribution in [2.24, 2.45) is 0 Å². The fourth-order valence-corrected chi connectivity index (χ4v) is 1.66. The highest BCUT2D eigenvalue weighted by Gasteiger charge is 2.06. The van der Waals surface area contributed by atoms with Crippen LogP contribution in [-0.2, 0) is 11.2 Å². The van der Waals surface area contributed by atoms with Gasteiger partial charge in [-0.2, -0.15) is 0 Å². The molecule has 0 bridgehead atoms. The van der Waals surface area contributed by atoms with E-state index in [2.05, 4.69) is 15.5 Å². The van der Waals surface area contributed by atoms with E-state index in [9.17, 15) is 4.79 Å². The Kier molecular flexibility index (Phi) is 3.26. The number of aromatic nitrogens is 4. The molecule has 5 nitrogen and oxygen atoms in total. The third-order valence-electron chi connectivity index (χ3n) is 2.17. The number of carbonyl (C=O) groups excluding carboxylic acids is 1. The second-order valence-electron chi connectivity index (χ2n) is 3.23. The number of hydrogen-bond donors (Lipinski definition) is 0. The maximum atomic E-state index is 10.4. The lowest BCUT2D eigenvalue weighted by molar-refractivity contribution is -0.107. The third kappa shape index (κ3) is 2.25. The minimum atomic E-state index is 0.454. The van der Waals surface area contributed by atoms with E-state index in [4.69, 9.17) is 11.6 Å². The van der Waals surface area contributed by atoms with Crippen molar-refractivity contribution in [1.82, 2.24) is 20.2 Å². The lowest BCUT2D eigenvalue weighted by Crippen LogP contribution is -2.01. The topological polar surface area (TPSA) is 60.7 Å². The highest BCUT2D eigenvalue weighted by atomic mass is 35.5. The Balaban J connectivity index is 2.39. The molecule has 0 atom stereocenters. The zero-order valence-corrected chi connectivity index (χ0v) is 9.13. The van der Waals surface area contributed by atoms with Crippen LogP contribution < -0.4 is 0 Å². The molecule has 0 saturated heterocycles. The molecule has 82 valence electrons. The number of carbonyl (C=O) groups is 1. The Morgan fingerprint density at radius 1 is 1.44 bits per heavy atom. The quantitative estimate of drug-likeness (QED) is 0.754. The Morgan fingerprint density at radius 2 is 2.31 bits per heavy atom. The van der Waals surface area contributed by atoms with Gasteiger partial charge in [0, 0.05) is 11.4 Å². The summed E-state index contributed by atoms with van der Waals surface area (Å²) in [5.41, 5.74) is 1.79. The highest BCUT2D eigenvalue weighted by molar-refractivity contribution is 6.30. The molecule has 2 aromatic rings. The van der Waals surface area contributed by atoms with Crippen molar-refractivity contribution in [2.45, 2.75) is 12.8 Å². The summed E-state index contributed by atoms with van der Waals surface area (Å²) in [7, 11) is 0. The van der Waals surface area contributed by atoms with Crippen LogP contribution in [0, 0.1) is 0 Å². The number of nitrogens with zero attached hydrogens (tertiary/aromatic N) is 4. The van der Waals surface area contributed by atoms with E-state index in [1.54, 1.807) is 10.7 Å².